The molecule has 0 bridgehead atoms. The average molecular weight is 284 g/mol. The molecular weight excluding hydrogens is 273 g/mol. The number of hydrogen-bond donors (Lipinski definition) is 2. The molecule has 5 nitrogen and oxygen atoms in total. The number of carbonyl (C=O) groups is 1. The summed E-state index contributed by atoms with van der Waals surface area (Å²) in [6.07, 6.45) is -1.46. The lowest BCUT2D eigenvalue weighted by atomic mass is 10.2. The Morgan fingerprint density at radius 1 is 1.25 bits per heavy atom. The van der Waals surface area contributed by atoms with Crippen LogP contribution in [-0.4, -0.2) is 15.8 Å². The maximum Gasteiger partial charge on any atom is 0.416 e. The first-order chi connectivity index (χ1) is 9.34. The number of benzene rings is 1. The van der Waals surface area contributed by atoms with E-state index in [1.54, 1.807) is 13.2 Å². The Kier molecular flexibility index (Phi) is 3.64. The molecule has 2 rings (SSSR count). The molecule has 0 aliphatic heterocycles. The van der Waals surface area contributed by atoms with Crippen molar-refractivity contribution in [3.63, 3.8) is 0 Å². The zero-order valence-electron chi connectivity index (χ0n) is 10.4. The van der Waals surface area contributed by atoms with Gasteiger partial charge in [-0.05, 0) is 18.2 Å². The number of hydrogen-bond acceptors (Lipinski definition) is 2. The van der Waals surface area contributed by atoms with Gasteiger partial charge in [0.1, 0.15) is 0 Å². The summed E-state index contributed by atoms with van der Waals surface area (Å²) in [6, 6.07) is 3.76. The van der Waals surface area contributed by atoms with Crippen LogP contribution in [0.2, 0.25) is 0 Å². The van der Waals surface area contributed by atoms with Gasteiger partial charge in [0.15, 0.2) is 0 Å². The van der Waals surface area contributed by atoms with E-state index in [9.17, 15) is 18.0 Å². The van der Waals surface area contributed by atoms with Gasteiger partial charge in [-0.2, -0.15) is 18.3 Å². The van der Waals surface area contributed by atoms with Gasteiger partial charge in [-0.1, -0.05) is 6.07 Å². The van der Waals surface area contributed by atoms with Crippen molar-refractivity contribution in [2.24, 2.45) is 7.05 Å². The zero-order chi connectivity index (χ0) is 14.8. The summed E-state index contributed by atoms with van der Waals surface area (Å²) >= 11 is 0. The fourth-order valence-corrected chi connectivity index (χ4v) is 1.55. The molecule has 0 saturated carbocycles. The predicted molar refractivity (Wildman–Crippen MR) is 67.3 cm³/mol. The number of carbonyl (C=O) groups excluding carboxylic acids is 1. The van der Waals surface area contributed by atoms with Crippen LogP contribution in [0, 0.1) is 0 Å². The van der Waals surface area contributed by atoms with Crippen molar-refractivity contribution >= 4 is 17.4 Å². The molecule has 20 heavy (non-hydrogen) atoms. The van der Waals surface area contributed by atoms with Gasteiger partial charge in [-0.15, -0.1) is 0 Å². The molecule has 0 spiro atoms. The van der Waals surface area contributed by atoms with Crippen LogP contribution >= 0.6 is 0 Å². The minimum absolute atomic E-state index is 0.0567. The Hall–Kier alpha value is -2.51. The molecule has 0 unspecified atom stereocenters. The van der Waals surface area contributed by atoms with Crippen molar-refractivity contribution in [1.29, 1.82) is 0 Å². The highest BCUT2D eigenvalue weighted by Gasteiger charge is 2.30. The van der Waals surface area contributed by atoms with Gasteiger partial charge in [0.05, 0.1) is 17.4 Å². The number of amides is 2. The monoisotopic (exact) mass is 284 g/mol. The van der Waals surface area contributed by atoms with E-state index in [0.717, 1.165) is 12.1 Å². The van der Waals surface area contributed by atoms with Gasteiger partial charge in [0.25, 0.3) is 0 Å². The van der Waals surface area contributed by atoms with Gasteiger partial charge >= 0.3 is 12.2 Å². The van der Waals surface area contributed by atoms with Crippen LogP contribution in [0.15, 0.2) is 36.7 Å². The summed E-state index contributed by atoms with van der Waals surface area (Å²) in [4.78, 5) is 11.6. The van der Waals surface area contributed by atoms with Crippen molar-refractivity contribution < 1.29 is 18.0 Å². The highest BCUT2D eigenvalue weighted by Crippen LogP contribution is 2.30. The van der Waals surface area contributed by atoms with Gasteiger partial charge in [-0.25, -0.2) is 4.79 Å². The maximum absolute atomic E-state index is 12.5. The van der Waals surface area contributed by atoms with Gasteiger partial charge in [0, 0.05) is 18.9 Å². The number of aryl methyl sites for hydroxylation is 1. The van der Waals surface area contributed by atoms with Crippen molar-refractivity contribution in [3.05, 3.63) is 42.2 Å². The molecule has 1 aromatic carbocycles. The SMILES string of the molecule is Cn1cc(NC(=O)Nc2cccc(C(F)(F)F)c2)cn1. The van der Waals surface area contributed by atoms with Gasteiger partial charge in [0.2, 0.25) is 0 Å². The highest BCUT2D eigenvalue weighted by atomic mass is 19.4. The molecule has 0 saturated heterocycles. The normalized spacial score (nSPS) is 11.2. The van der Waals surface area contributed by atoms with E-state index in [-0.39, 0.29) is 5.69 Å². The van der Waals surface area contributed by atoms with E-state index < -0.39 is 17.8 Å². The van der Waals surface area contributed by atoms with Crippen molar-refractivity contribution in [2.75, 3.05) is 10.6 Å². The first-order valence-electron chi connectivity index (χ1n) is 5.58. The van der Waals surface area contributed by atoms with Crippen LogP contribution in [0.25, 0.3) is 0 Å². The Balaban J connectivity index is 2.04. The fourth-order valence-electron chi connectivity index (χ4n) is 1.55. The summed E-state index contributed by atoms with van der Waals surface area (Å²) in [5, 5.41) is 8.63. The molecule has 1 aromatic heterocycles. The Morgan fingerprint density at radius 2 is 1.95 bits per heavy atom. The Morgan fingerprint density at radius 3 is 2.55 bits per heavy atom. The molecule has 2 aromatic rings. The first kappa shape index (κ1) is 13.9. The first-order valence-corrected chi connectivity index (χ1v) is 5.58. The third kappa shape index (κ3) is 3.50. The summed E-state index contributed by atoms with van der Waals surface area (Å²) in [7, 11) is 1.68. The average Bonchev–Trinajstić information content (AvgIpc) is 2.73. The third-order valence-electron chi connectivity index (χ3n) is 2.41. The fraction of sp³-hybridized carbons (Fsp3) is 0.167. The number of halogens is 3. The van der Waals surface area contributed by atoms with Crippen LogP contribution in [0.5, 0.6) is 0 Å². The van der Waals surface area contributed by atoms with E-state index in [0.29, 0.717) is 5.69 Å². The molecular formula is C12H11F3N4O. The predicted octanol–water partition coefficient (Wildman–Crippen LogP) is 3.08. The van der Waals surface area contributed by atoms with E-state index in [1.807, 2.05) is 0 Å². The Bertz CT molecular complexity index is 621. The molecule has 2 N–H and O–H groups in total. The molecule has 1 heterocycles. The van der Waals surface area contributed by atoms with Crippen LogP contribution < -0.4 is 10.6 Å². The van der Waals surface area contributed by atoms with E-state index in [1.165, 1.54) is 23.0 Å². The summed E-state index contributed by atoms with van der Waals surface area (Å²) < 4.78 is 39.0. The quantitative estimate of drug-likeness (QED) is 0.890. The van der Waals surface area contributed by atoms with Gasteiger partial charge < -0.3 is 10.6 Å². The molecule has 0 aliphatic rings. The number of aromatic nitrogens is 2. The van der Waals surface area contributed by atoms with E-state index >= 15 is 0 Å². The van der Waals surface area contributed by atoms with Crippen LogP contribution in [0.3, 0.4) is 0 Å². The van der Waals surface area contributed by atoms with E-state index in [2.05, 4.69) is 15.7 Å². The lowest BCUT2D eigenvalue weighted by Gasteiger charge is -2.10. The Labute approximate surface area is 112 Å². The number of rotatable bonds is 2. The van der Waals surface area contributed by atoms with Crippen molar-refractivity contribution in [1.82, 2.24) is 9.78 Å². The summed E-state index contributed by atoms with van der Waals surface area (Å²) in [5.74, 6) is 0. The van der Waals surface area contributed by atoms with Crippen LogP contribution in [0.4, 0.5) is 29.3 Å². The molecule has 0 atom stereocenters. The summed E-state index contributed by atoms with van der Waals surface area (Å²) in [6.45, 7) is 0. The third-order valence-corrected chi connectivity index (χ3v) is 2.41. The minimum Gasteiger partial charge on any atom is -0.308 e. The number of alkyl halides is 3. The second-order valence-electron chi connectivity index (χ2n) is 4.06. The number of anilines is 2. The van der Waals surface area contributed by atoms with Crippen molar-refractivity contribution in [2.45, 2.75) is 6.18 Å². The highest BCUT2D eigenvalue weighted by molar-refractivity contribution is 5.99. The number of urea groups is 1. The summed E-state index contributed by atoms with van der Waals surface area (Å²) in [5.41, 5.74) is -0.324. The smallest absolute Gasteiger partial charge is 0.308 e. The molecule has 8 heteroatoms. The zero-order valence-corrected chi connectivity index (χ0v) is 10.4. The van der Waals surface area contributed by atoms with Gasteiger partial charge in [-0.3, -0.25) is 4.68 Å². The molecule has 2 amide bonds. The molecule has 0 fully saturated rings. The van der Waals surface area contributed by atoms with Crippen LogP contribution in [-0.2, 0) is 13.2 Å². The number of nitrogens with zero attached hydrogens (tertiary/aromatic N) is 2. The lowest BCUT2D eigenvalue weighted by Crippen LogP contribution is -2.19. The molecule has 106 valence electrons. The lowest BCUT2D eigenvalue weighted by molar-refractivity contribution is -0.137. The second kappa shape index (κ2) is 5.24. The largest absolute Gasteiger partial charge is 0.416 e. The standard InChI is InChI=1S/C12H11F3N4O/c1-19-7-10(6-16-19)18-11(20)17-9-4-2-3-8(5-9)12(13,14)15/h2-7H,1H3,(H2,17,18,20). The number of nitrogens with one attached hydrogen (secondary N) is 2. The van der Waals surface area contributed by atoms with Crippen molar-refractivity contribution in [3.8, 4) is 0 Å². The minimum atomic E-state index is -4.45. The van der Waals surface area contributed by atoms with Crippen LogP contribution in [0.1, 0.15) is 5.56 Å². The maximum atomic E-state index is 12.5. The molecule has 0 aliphatic carbocycles. The topological polar surface area (TPSA) is 59.0 Å². The second-order valence-corrected chi connectivity index (χ2v) is 4.06. The van der Waals surface area contributed by atoms with E-state index in [4.69, 9.17) is 0 Å². The molecule has 0 radical (unpaired) electrons.